The van der Waals surface area contributed by atoms with Gasteiger partial charge >= 0.3 is 0 Å². The second-order valence-corrected chi connectivity index (χ2v) is 3.45. The smallest absolute Gasteiger partial charge is 0.242 e. The molecule has 1 aromatic rings. The minimum Gasteiger partial charge on any atom is -0.374 e. The number of hydrogen-bond acceptors (Lipinski definition) is 3. The van der Waals surface area contributed by atoms with Crippen LogP contribution in [0, 0.1) is 11.3 Å². The van der Waals surface area contributed by atoms with E-state index in [1.54, 1.807) is 31.2 Å². The van der Waals surface area contributed by atoms with E-state index in [-0.39, 0.29) is 11.9 Å². The van der Waals surface area contributed by atoms with Crippen LogP contribution in [0.1, 0.15) is 19.4 Å². The summed E-state index contributed by atoms with van der Waals surface area (Å²) in [5.41, 5.74) is 1.44. The number of nitriles is 1. The first kappa shape index (κ1) is 12.1. The maximum atomic E-state index is 11.4. The van der Waals surface area contributed by atoms with Crippen molar-refractivity contribution in [2.24, 2.45) is 0 Å². The molecule has 0 aromatic heterocycles. The molecule has 0 saturated heterocycles. The molecule has 0 radical (unpaired) electrons. The number of rotatable bonds is 4. The number of likely N-dealkylation sites (N-methyl/N-ethyl adjacent to an activating group) is 1. The summed E-state index contributed by atoms with van der Waals surface area (Å²) in [7, 11) is 0. The van der Waals surface area contributed by atoms with E-state index in [0.717, 1.165) is 5.69 Å². The Kier molecular flexibility index (Phi) is 4.34. The zero-order valence-electron chi connectivity index (χ0n) is 9.45. The monoisotopic (exact) mass is 217 g/mol. The molecule has 1 rings (SSSR count). The largest absolute Gasteiger partial charge is 0.374 e. The van der Waals surface area contributed by atoms with Crippen molar-refractivity contribution in [1.82, 2.24) is 5.32 Å². The Bertz CT molecular complexity index is 392. The van der Waals surface area contributed by atoms with Crippen molar-refractivity contribution in [1.29, 1.82) is 5.26 Å². The van der Waals surface area contributed by atoms with Crippen LogP contribution in [0.25, 0.3) is 0 Å². The summed E-state index contributed by atoms with van der Waals surface area (Å²) in [6, 6.07) is 8.76. The molecule has 2 N–H and O–H groups in total. The third kappa shape index (κ3) is 3.28. The fourth-order valence-corrected chi connectivity index (χ4v) is 1.28. The van der Waals surface area contributed by atoms with Gasteiger partial charge in [0.1, 0.15) is 6.04 Å². The highest BCUT2D eigenvalue weighted by molar-refractivity contribution is 5.84. The fraction of sp³-hybridized carbons (Fsp3) is 0.333. The van der Waals surface area contributed by atoms with E-state index >= 15 is 0 Å². The summed E-state index contributed by atoms with van der Waals surface area (Å²) < 4.78 is 0. The van der Waals surface area contributed by atoms with Gasteiger partial charge in [0.15, 0.2) is 0 Å². The molecular weight excluding hydrogens is 202 g/mol. The van der Waals surface area contributed by atoms with Crippen LogP contribution in [0.4, 0.5) is 5.69 Å². The standard InChI is InChI=1S/C12H15N3O/c1-3-14-12(16)9(2)15-11-6-4-10(8-13)5-7-11/h4-7,9,15H,3H2,1-2H3,(H,14,16). The van der Waals surface area contributed by atoms with Crippen molar-refractivity contribution in [3.05, 3.63) is 29.8 Å². The Labute approximate surface area is 95.3 Å². The Morgan fingerprint density at radius 3 is 2.56 bits per heavy atom. The van der Waals surface area contributed by atoms with Gasteiger partial charge in [0.05, 0.1) is 11.6 Å². The Morgan fingerprint density at radius 2 is 2.06 bits per heavy atom. The third-order valence-electron chi connectivity index (χ3n) is 2.14. The van der Waals surface area contributed by atoms with Gasteiger partial charge in [-0.1, -0.05) is 0 Å². The molecule has 1 atom stereocenters. The molecule has 0 fully saturated rings. The summed E-state index contributed by atoms with van der Waals surface area (Å²) in [5.74, 6) is -0.0353. The fourth-order valence-electron chi connectivity index (χ4n) is 1.28. The van der Waals surface area contributed by atoms with E-state index in [1.165, 1.54) is 0 Å². The molecule has 0 aliphatic heterocycles. The lowest BCUT2D eigenvalue weighted by atomic mass is 10.2. The predicted molar refractivity (Wildman–Crippen MR) is 62.9 cm³/mol. The second-order valence-electron chi connectivity index (χ2n) is 3.45. The number of nitrogens with one attached hydrogen (secondary N) is 2. The van der Waals surface area contributed by atoms with Gasteiger partial charge in [0.2, 0.25) is 5.91 Å². The van der Waals surface area contributed by atoms with Crippen molar-refractivity contribution in [2.75, 3.05) is 11.9 Å². The molecular formula is C12H15N3O. The van der Waals surface area contributed by atoms with Crippen LogP contribution in [0.2, 0.25) is 0 Å². The lowest BCUT2D eigenvalue weighted by molar-refractivity contribution is -0.121. The van der Waals surface area contributed by atoms with E-state index < -0.39 is 0 Å². The van der Waals surface area contributed by atoms with Gasteiger partial charge < -0.3 is 10.6 Å². The molecule has 1 amide bonds. The normalized spacial score (nSPS) is 11.3. The molecule has 0 aliphatic rings. The first-order chi connectivity index (χ1) is 7.67. The molecule has 0 saturated carbocycles. The molecule has 0 aliphatic carbocycles. The van der Waals surface area contributed by atoms with Gasteiger partial charge in [-0.15, -0.1) is 0 Å². The second kappa shape index (κ2) is 5.76. The van der Waals surface area contributed by atoms with Crippen molar-refractivity contribution in [3.63, 3.8) is 0 Å². The van der Waals surface area contributed by atoms with Crippen molar-refractivity contribution in [3.8, 4) is 6.07 Å². The van der Waals surface area contributed by atoms with Gasteiger partial charge in [-0.25, -0.2) is 0 Å². The molecule has 0 spiro atoms. The molecule has 0 bridgehead atoms. The number of amides is 1. The summed E-state index contributed by atoms with van der Waals surface area (Å²) in [4.78, 5) is 11.4. The van der Waals surface area contributed by atoms with Crippen LogP contribution in [0.15, 0.2) is 24.3 Å². The zero-order chi connectivity index (χ0) is 12.0. The molecule has 4 nitrogen and oxygen atoms in total. The van der Waals surface area contributed by atoms with Gasteiger partial charge in [0.25, 0.3) is 0 Å². The van der Waals surface area contributed by atoms with Gasteiger partial charge in [-0.05, 0) is 38.1 Å². The topological polar surface area (TPSA) is 64.9 Å². The quantitative estimate of drug-likeness (QED) is 0.803. The van der Waals surface area contributed by atoms with Crippen LogP contribution < -0.4 is 10.6 Å². The van der Waals surface area contributed by atoms with Crippen LogP contribution in [0.5, 0.6) is 0 Å². The number of hydrogen-bond donors (Lipinski definition) is 2. The van der Waals surface area contributed by atoms with Crippen LogP contribution >= 0.6 is 0 Å². The minimum absolute atomic E-state index is 0.0353. The number of carbonyl (C=O) groups excluding carboxylic acids is 1. The average Bonchev–Trinajstić information content (AvgIpc) is 2.30. The number of nitrogens with zero attached hydrogens (tertiary/aromatic N) is 1. The van der Waals surface area contributed by atoms with Crippen LogP contribution in [0.3, 0.4) is 0 Å². The van der Waals surface area contributed by atoms with E-state index in [4.69, 9.17) is 5.26 Å². The van der Waals surface area contributed by atoms with Crippen molar-refractivity contribution >= 4 is 11.6 Å². The lowest BCUT2D eigenvalue weighted by Gasteiger charge is -2.14. The number of anilines is 1. The first-order valence-electron chi connectivity index (χ1n) is 5.21. The highest BCUT2D eigenvalue weighted by atomic mass is 16.2. The maximum Gasteiger partial charge on any atom is 0.242 e. The Balaban J connectivity index is 2.59. The highest BCUT2D eigenvalue weighted by Gasteiger charge is 2.10. The van der Waals surface area contributed by atoms with E-state index in [9.17, 15) is 4.79 Å². The lowest BCUT2D eigenvalue weighted by Crippen LogP contribution is -2.37. The summed E-state index contributed by atoms with van der Waals surface area (Å²) in [6.45, 7) is 4.30. The summed E-state index contributed by atoms with van der Waals surface area (Å²) in [5, 5.41) is 14.4. The molecule has 0 heterocycles. The summed E-state index contributed by atoms with van der Waals surface area (Å²) in [6.07, 6.45) is 0. The molecule has 1 aromatic carbocycles. The van der Waals surface area contributed by atoms with Crippen LogP contribution in [-0.4, -0.2) is 18.5 Å². The average molecular weight is 217 g/mol. The maximum absolute atomic E-state index is 11.4. The van der Waals surface area contributed by atoms with E-state index in [1.807, 2.05) is 13.0 Å². The Hall–Kier alpha value is -2.02. The van der Waals surface area contributed by atoms with Crippen molar-refractivity contribution < 1.29 is 4.79 Å². The van der Waals surface area contributed by atoms with Gasteiger partial charge in [-0.2, -0.15) is 5.26 Å². The van der Waals surface area contributed by atoms with E-state index in [0.29, 0.717) is 12.1 Å². The van der Waals surface area contributed by atoms with Crippen LogP contribution in [-0.2, 0) is 4.79 Å². The molecule has 16 heavy (non-hydrogen) atoms. The minimum atomic E-state index is -0.284. The number of benzene rings is 1. The predicted octanol–water partition coefficient (Wildman–Crippen LogP) is 1.49. The number of carbonyl (C=O) groups is 1. The molecule has 1 unspecified atom stereocenters. The third-order valence-corrected chi connectivity index (χ3v) is 2.14. The van der Waals surface area contributed by atoms with E-state index in [2.05, 4.69) is 10.6 Å². The first-order valence-corrected chi connectivity index (χ1v) is 5.21. The summed E-state index contributed by atoms with van der Waals surface area (Å²) >= 11 is 0. The zero-order valence-corrected chi connectivity index (χ0v) is 9.45. The highest BCUT2D eigenvalue weighted by Crippen LogP contribution is 2.09. The SMILES string of the molecule is CCNC(=O)C(C)Nc1ccc(C#N)cc1. The van der Waals surface area contributed by atoms with Crippen molar-refractivity contribution in [2.45, 2.75) is 19.9 Å². The van der Waals surface area contributed by atoms with Gasteiger partial charge in [-0.3, -0.25) is 4.79 Å². The molecule has 84 valence electrons. The molecule has 4 heteroatoms. The van der Waals surface area contributed by atoms with Gasteiger partial charge in [0, 0.05) is 12.2 Å². The Morgan fingerprint density at radius 1 is 1.44 bits per heavy atom.